The van der Waals surface area contributed by atoms with Crippen molar-refractivity contribution in [2.75, 3.05) is 0 Å². The highest BCUT2D eigenvalue weighted by Crippen LogP contribution is 2.16. The van der Waals surface area contributed by atoms with Crippen LogP contribution in [0.4, 0.5) is 5.69 Å². The Hall–Kier alpha value is -4.01. The Labute approximate surface area is 178 Å². The number of benzene rings is 2. The maximum Gasteiger partial charge on any atom is 0.326 e. The number of non-ortho nitro benzene ring substituents is 1. The minimum Gasteiger partial charge on any atom is -0.480 e. The predicted molar refractivity (Wildman–Crippen MR) is 114 cm³/mol. The van der Waals surface area contributed by atoms with E-state index in [4.69, 9.17) is 0 Å². The standard InChI is InChI=1S/C22H23N3O6/c1-14(2)11-19(22(28)29)24-21(27)18(23-20(26)16-8-4-3-5-9-16)13-15-7-6-10-17(12-15)25(30)31/h3-10,12-14,19H,11H2,1-2H3,(H,23,26)(H,24,27)(H,28,29). The van der Waals surface area contributed by atoms with Gasteiger partial charge in [-0.05, 0) is 36.1 Å². The SMILES string of the molecule is CC(C)CC(NC(=O)C(=Cc1cccc([N+](=O)[O-])c1)NC(=O)c1ccccc1)C(=O)O. The minimum atomic E-state index is -1.20. The molecule has 0 spiro atoms. The number of aliphatic carboxylic acids is 1. The molecule has 9 nitrogen and oxygen atoms in total. The first-order valence-corrected chi connectivity index (χ1v) is 9.53. The van der Waals surface area contributed by atoms with Gasteiger partial charge in [0.1, 0.15) is 11.7 Å². The summed E-state index contributed by atoms with van der Waals surface area (Å²) < 4.78 is 0. The lowest BCUT2D eigenvalue weighted by atomic mass is 10.0. The molecule has 162 valence electrons. The molecule has 1 unspecified atom stereocenters. The van der Waals surface area contributed by atoms with Crippen LogP contribution in [0, 0.1) is 16.0 Å². The van der Waals surface area contributed by atoms with Gasteiger partial charge in [0, 0.05) is 17.7 Å². The van der Waals surface area contributed by atoms with Crippen LogP contribution in [0.2, 0.25) is 0 Å². The number of rotatable bonds is 9. The van der Waals surface area contributed by atoms with Gasteiger partial charge in [0.15, 0.2) is 0 Å². The first-order chi connectivity index (χ1) is 14.7. The number of hydrogen-bond acceptors (Lipinski definition) is 5. The first kappa shape index (κ1) is 23.3. The fourth-order valence-corrected chi connectivity index (χ4v) is 2.77. The second kappa shape index (κ2) is 10.7. The Morgan fingerprint density at radius 3 is 2.35 bits per heavy atom. The fourth-order valence-electron chi connectivity index (χ4n) is 2.77. The van der Waals surface area contributed by atoms with E-state index in [2.05, 4.69) is 10.6 Å². The molecule has 0 saturated heterocycles. The highest BCUT2D eigenvalue weighted by molar-refractivity contribution is 6.06. The van der Waals surface area contributed by atoms with Gasteiger partial charge < -0.3 is 15.7 Å². The molecule has 0 heterocycles. The van der Waals surface area contributed by atoms with E-state index in [1.807, 2.05) is 13.8 Å². The number of carboxylic acid groups (broad SMARTS) is 1. The number of nitro benzene ring substituents is 1. The van der Waals surface area contributed by atoms with Crippen molar-refractivity contribution in [2.45, 2.75) is 26.3 Å². The maximum absolute atomic E-state index is 12.8. The third-order valence-corrected chi connectivity index (χ3v) is 4.23. The van der Waals surface area contributed by atoms with Crippen molar-refractivity contribution < 1.29 is 24.4 Å². The molecule has 0 aliphatic carbocycles. The van der Waals surface area contributed by atoms with Gasteiger partial charge in [-0.3, -0.25) is 19.7 Å². The average molecular weight is 425 g/mol. The quantitative estimate of drug-likeness (QED) is 0.321. The van der Waals surface area contributed by atoms with Crippen molar-refractivity contribution in [3.8, 4) is 0 Å². The Morgan fingerprint density at radius 2 is 1.77 bits per heavy atom. The molecular weight excluding hydrogens is 402 g/mol. The number of carboxylic acids is 1. The lowest BCUT2D eigenvalue weighted by Gasteiger charge is -2.18. The molecular formula is C22H23N3O6. The van der Waals surface area contributed by atoms with Crippen LogP contribution < -0.4 is 10.6 Å². The summed E-state index contributed by atoms with van der Waals surface area (Å²) in [5.41, 5.74) is 0.163. The largest absolute Gasteiger partial charge is 0.480 e. The molecule has 31 heavy (non-hydrogen) atoms. The number of amides is 2. The van der Waals surface area contributed by atoms with Gasteiger partial charge in [0.05, 0.1) is 4.92 Å². The third-order valence-electron chi connectivity index (χ3n) is 4.23. The molecule has 3 N–H and O–H groups in total. The Kier molecular flexibility index (Phi) is 8.01. The summed E-state index contributed by atoms with van der Waals surface area (Å²) in [6.07, 6.45) is 1.45. The molecule has 9 heteroatoms. The van der Waals surface area contributed by atoms with E-state index in [1.165, 1.54) is 30.3 Å². The molecule has 0 fully saturated rings. The summed E-state index contributed by atoms with van der Waals surface area (Å²) in [7, 11) is 0. The summed E-state index contributed by atoms with van der Waals surface area (Å²) in [6, 6.07) is 12.5. The van der Waals surface area contributed by atoms with Crippen molar-refractivity contribution in [2.24, 2.45) is 5.92 Å². The fraction of sp³-hybridized carbons (Fsp3) is 0.227. The Morgan fingerprint density at radius 1 is 1.10 bits per heavy atom. The monoisotopic (exact) mass is 425 g/mol. The van der Waals surface area contributed by atoms with Gasteiger partial charge in [-0.25, -0.2) is 4.79 Å². The van der Waals surface area contributed by atoms with Gasteiger partial charge in [-0.1, -0.05) is 44.2 Å². The van der Waals surface area contributed by atoms with E-state index in [9.17, 15) is 29.6 Å². The third kappa shape index (κ3) is 7.07. The molecule has 2 aromatic carbocycles. The molecule has 0 saturated carbocycles. The minimum absolute atomic E-state index is 0.00418. The van der Waals surface area contributed by atoms with Gasteiger partial charge in [-0.15, -0.1) is 0 Å². The average Bonchev–Trinajstić information content (AvgIpc) is 2.73. The van der Waals surface area contributed by atoms with Crippen LogP contribution in [0.25, 0.3) is 6.08 Å². The number of nitro groups is 1. The lowest BCUT2D eigenvalue weighted by Crippen LogP contribution is -2.45. The van der Waals surface area contributed by atoms with Crippen molar-refractivity contribution in [1.82, 2.24) is 10.6 Å². The smallest absolute Gasteiger partial charge is 0.326 e. The van der Waals surface area contributed by atoms with Crippen LogP contribution in [0.1, 0.15) is 36.2 Å². The summed E-state index contributed by atoms with van der Waals surface area (Å²) >= 11 is 0. The highest BCUT2D eigenvalue weighted by atomic mass is 16.6. The van der Waals surface area contributed by atoms with Crippen molar-refractivity contribution in [1.29, 1.82) is 0 Å². The summed E-state index contributed by atoms with van der Waals surface area (Å²) in [5.74, 6) is -2.59. The topological polar surface area (TPSA) is 139 Å². The van der Waals surface area contributed by atoms with Crippen molar-refractivity contribution >= 4 is 29.5 Å². The van der Waals surface area contributed by atoms with Crippen LogP contribution in [-0.2, 0) is 9.59 Å². The van der Waals surface area contributed by atoms with Crippen LogP contribution in [-0.4, -0.2) is 33.9 Å². The molecule has 2 aromatic rings. The maximum atomic E-state index is 12.8. The molecule has 0 aromatic heterocycles. The van der Waals surface area contributed by atoms with Crippen molar-refractivity contribution in [3.05, 3.63) is 81.5 Å². The van der Waals surface area contributed by atoms with E-state index in [0.717, 1.165) is 0 Å². The van der Waals surface area contributed by atoms with E-state index >= 15 is 0 Å². The zero-order chi connectivity index (χ0) is 23.0. The number of carbonyl (C=O) groups excluding carboxylic acids is 2. The molecule has 0 radical (unpaired) electrons. The second-order valence-corrected chi connectivity index (χ2v) is 7.22. The molecule has 1 atom stereocenters. The molecule has 2 amide bonds. The van der Waals surface area contributed by atoms with Gasteiger partial charge >= 0.3 is 5.97 Å². The summed E-state index contributed by atoms with van der Waals surface area (Å²) in [6.45, 7) is 3.64. The Balaban J connectivity index is 2.38. The second-order valence-electron chi connectivity index (χ2n) is 7.22. The van der Waals surface area contributed by atoms with E-state index in [1.54, 1.807) is 30.3 Å². The molecule has 0 aliphatic rings. The van der Waals surface area contributed by atoms with E-state index in [-0.39, 0.29) is 29.3 Å². The summed E-state index contributed by atoms with van der Waals surface area (Å²) in [5, 5.41) is 25.3. The molecule has 0 bridgehead atoms. The molecule has 0 aliphatic heterocycles. The highest BCUT2D eigenvalue weighted by Gasteiger charge is 2.24. The number of nitrogens with zero attached hydrogens (tertiary/aromatic N) is 1. The van der Waals surface area contributed by atoms with Crippen LogP contribution in [0.15, 0.2) is 60.3 Å². The predicted octanol–water partition coefficient (Wildman–Crippen LogP) is 2.98. The van der Waals surface area contributed by atoms with Crippen LogP contribution in [0.3, 0.4) is 0 Å². The number of carbonyl (C=O) groups is 3. The van der Waals surface area contributed by atoms with Gasteiger partial charge in [-0.2, -0.15) is 0 Å². The zero-order valence-electron chi connectivity index (χ0n) is 17.1. The van der Waals surface area contributed by atoms with Crippen LogP contribution >= 0.6 is 0 Å². The van der Waals surface area contributed by atoms with Gasteiger partial charge in [0.25, 0.3) is 17.5 Å². The van der Waals surface area contributed by atoms with Crippen molar-refractivity contribution in [3.63, 3.8) is 0 Å². The van der Waals surface area contributed by atoms with E-state index in [0.29, 0.717) is 5.56 Å². The summed E-state index contributed by atoms with van der Waals surface area (Å²) in [4.78, 5) is 47.4. The number of nitrogens with one attached hydrogen (secondary N) is 2. The van der Waals surface area contributed by atoms with Gasteiger partial charge in [0.2, 0.25) is 0 Å². The van der Waals surface area contributed by atoms with E-state index < -0.39 is 28.7 Å². The zero-order valence-corrected chi connectivity index (χ0v) is 17.1. The molecule has 2 rings (SSSR count). The number of hydrogen-bond donors (Lipinski definition) is 3. The Bertz CT molecular complexity index is 1000. The first-order valence-electron chi connectivity index (χ1n) is 9.53. The lowest BCUT2D eigenvalue weighted by molar-refractivity contribution is -0.384. The van der Waals surface area contributed by atoms with Crippen LogP contribution in [0.5, 0.6) is 0 Å². The normalized spacial score (nSPS) is 12.2.